The van der Waals surface area contributed by atoms with Crippen LogP contribution in [0.3, 0.4) is 0 Å². The van der Waals surface area contributed by atoms with E-state index in [2.05, 4.69) is 10.3 Å². The molecular weight excluding hydrogens is 210 g/mol. The molecule has 16 heavy (non-hydrogen) atoms. The van der Waals surface area contributed by atoms with Crippen molar-refractivity contribution in [2.45, 2.75) is 0 Å². The van der Waals surface area contributed by atoms with Crippen LogP contribution >= 0.6 is 0 Å². The van der Waals surface area contributed by atoms with Crippen LogP contribution in [-0.4, -0.2) is 40.1 Å². The van der Waals surface area contributed by atoms with E-state index in [0.29, 0.717) is 5.69 Å². The number of aliphatic carboxylic acids is 1. The summed E-state index contributed by atoms with van der Waals surface area (Å²) in [5, 5.41) is 11.3. The third-order valence-corrected chi connectivity index (χ3v) is 2.43. The van der Waals surface area contributed by atoms with E-state index in [4.69, 9.17) is 5.11 Å². The topological polar surface area (TPSA) is 82.5 Å². The fourth-order valence-electron chi connectivity index (χ4n) is 1.44. The molecule has 1 aromatic heterocycles. The highest BCUT2D eigenvalue weighted by molar-refractivity contribution is 5.90. The van der Waals surface area contributed by atoms with Crippen molar-refractivity contribution in [2.24, 2.45) is 5.92 Å². The number of carboxylic acid groups (broad SMARTS) is 1. The Morgan fingerprint density at radius 1 is 1.50 bits per heavy atom. The van der Waals surface area contributed by atoms with E-state index in [1.54, 1.807) is 18.3 Å². The van der Waals surface area contributed by atoms with Gasteiger partial charge in [-0.15, -0.1) is 0 Å². The van der Waals surface area contributed by atoms with E-state index >= 15 is 0 Å². The van der Waals surface area contributed by atoms with Crippen LogP contribution in [0.2, 0.25) is 0 Å². The number of likely N-dealkylation sites (tertiary alicyclic amines) is 1. The zero-order chi connectivity index (χ0) is 11.5. The van der Waals surface area contributed by atoms with Crippen molar-refractivity contribution >= 4 is 17.7 Å². The van der Waals surface area contributed by atoms with Gasteiger partial charge in [-0.05, 0) is 12.1 Å². The number of carbonyl (C=O) groups excluding carboxylic acids is 1. The Morgan fingerprint density at radius 2 is 2.25 bits per heavy atom. The molecule has 0 radical (unpaired) electrons. The molecule has 1 aliphatic heterocycles. The summed E-state index contributed by atoms with van der Waals surface area (Å²) < 4.78 is 0. The van der Waals surface area contributed by atoms with Crippen molar-refractivity contribution in [3.8, 4) is 0 Å². The lowest BCUT2D eigenvalue weighted by Crippen LogP contribution is -2.54. The number of urea groups is 1. The lowest BCUT2D eigenvalue weighted by Gasteiger charge is -2.36. The molecule has 0 aromatic carbocycles. The highest BCUT2D eigenvalue weighted by Gasteiger charge is 2.35. The number of carbonyl (C=O) groups is 2. The second-order valence-corrected chi connectivity index (χ2v) is 3.61. The molecule has 0 aliphatic carbocycles. The summed E-state index contributed by atoms with van der Waals surface area (Å²) in [7, 11) is 0. The predicted molar refractivity (Wildman–Crippen MR) is 56.0 cm³/mol. The van der Waals surface area contributed by atoms with Gasteiger partial charge in [-0.2, -0.15) is 0 Å². The summed E-state index contributed by atoms with van der Waals surface area (Å²) in [6, 6.07) is 3.15. The molecule has 2 rings (SSSR count). The minimum atomic E-state index is -0.856. The normalized spacial score (nSPS) is 15.4. The van der Waals surface area contributed by atoms with Crippen LogP contribution in [0.15, 0.2) is 24.5 Å². The SMILES string of the molecule is O=C(O)C1CN(C(=O)Nc2cccnc2)C1. The molecule has 0 spiro atoms. The summed E-state index contributed by atoms with van der Waals surface area (Å²) in [5.74, 6) is -1.29. The first kappa shape index (κ1) is 10.4. The van der Waals surface area contributed by atoms with Gasteiger partial charge in [0.2, 0.25) is 0 Å². The molecule has 0 atom stereocenters. The number of hydrogen-bond acceptors (Lipinski definition) is 3. The van der Waals surface area contributed by atoms with Gasteiger partial charge in [0.05, 0.1) is 17.8 Å². The number of nitrogens with one attached hydrogen (secondary N) is 1. The number of hydrogen-bond donors (Lipinski definition) is 2. The summed E-state index contributed by atoms with van der Waals surface area (Å²) in [6.07, 6.45) is 3.14. The van der Waals surface area contributed by atoms with Crippen molar-refractivity contribution in [3.05, 3.63) is 24.5 Å². The van der Waals surface area contributed by atoms with Crippen molar-refractivity contribution in [1.29, 1.82) is 0 Å². The van der Waals surface area contributed by atoms with Crippen molar-refractivity contribution in [3.63, 3.8) is 0 Å². The smallest absolute Gasteiger partial charge is 0.321 e. The van der Waals surface area contributed by atoms with Crippen molar-refractivity contribution < 1.29 is 14.7 Å². The molecule has 0 saturated carbocycles. The zero-order valence-corrected chi connectivity index (χ0v) is 8.46. The molecule has 0 unspecified atom stereocenters. The summed E-state index contributed by atoms with van der Waals surface area (Å²) in [4.78, 5) is 27.4. The fourth-order valence-corrected chi connectivity index (χ4v) is 1.44. The Balaban J connectivity index is 1.85. The molecule has 6 heteroatoms. The minimum absolute atomic E-state index is 0.265. The van der Waals surface area contributed by atoms with E-state index < -0.39 is 11.9 Å². The quantitative estimate of drug-likeness (QED) is 0.767. The Bertz CT molecular complexity index is 401. The number of rotatable bonds is 2. The molecule has 1 fully saturated rings. The zero-order valence-electron chi connectivity index (χ0n) is 8.46. The predicted octanol–water partition coefficient (Wildman–Crippen LogP) is 0.630. The van der Waals surface area contributed by atoms with Crippen molar-refractivity contribution in [2.75, 3.05) is 18.4 Å². The van der Waals surface area contributed by atoms with E-state index in [1.807, 2.05) is 0 Å². The van der Waals surface area contributed by atoms with Crippen LogP contribution in [0.1, 0.15) is 0 Å². The van der Waals surface area contributed by atoms with Gasteiger partial charge < -0.3 is 15.3 Å². The maximum absolute atomic E-state index is 11.6. The highest BCUT2D eigenvalue weighted by Crippen LogP contribution is 2.17. The molecule has 1 aliphatic rings. The maximum atomic E-state index is 11.6. The van der Waals surface area contributed by atoms with Gasteiger partial charge in [0.25, 0.3) is 0 Å². The Morgan fingerprint density at radius 3 is 2.81 bits per heavy atom. The van der Waals surface area contributed by atoms with Crippen LogP contribution in [0.25, 0.3) is 0 Å². The average molecular weight is 221 g/mol. The third kappa shape index (κ3) is 2.10. The second kappa shape index (κ2) is 4.18. The first-order valence-electron chi connectivity index (χ1n) is 4.85. The van der Waals surface area contributed by atoms with Gasteiger partial charge in [-0.3, -0.25) is 9.78 Å². The molecule has 84 valence electrons. The molecule has 6 nitrogen and oxygen atoms in total. The molecule has 0 bridgehead atoms. The van der Waals surface area contributed by atoms with Crippen LogP contribution in [0, 0.1) is 5.92 Å². The van der Waals surface area contributed by atoms with Crippen LogP contribution in [-0.2, 0) is 4.79 Å². The van der Waals surface area contributed by atoms with Gasteiger partial charge in [0, 0.05) is 19.3 Å². The van der Waals surface area contributed by atoms with E-state index in [0.717, 1.165) is 0 Å². The molecule has 2 N–H and O–H groups in total. The number of nitrogens with zero attached hydrogens (tertiary/aromatic N) is 2. The van der Waals surface area contributed by atoms with E-state index in [1.165, 1.54) is 11.1 Å². The van der Waals surface area contributed by atoms with Crippen LogP contribution in [0.5, 0.6) is 0 Å². The number of amides is 2. The van der Waals surface area contributed by atoms with E-state index in [-0.39, 0.29) is 19.1 Å². The standard InChI is InChI=1S/C10H11N3O3/c14-9(15)7-5-13(6-7)10(16)12-8-2-1-3-11-4-8/h1-4,7H,5-6H2,(H,12,16)(H,14,15). The fraction of sp³-hybridized carbons (Fsp3) is 0.300. The molecular formula is C10H11N3O3. The third-order valence-electron chi connectivity index (χ3n) is 2.43. The lowest BCUT2D eigenvalue weighted by atomic mass is 10.0. The van der Waals surface area contributed by atoms with Gasteiger partial charge in [-0.25, -0.2) is 4.79 Å². The number of anilines is 1. The average Bonchev–Trinajstić information content (AvgIpc) is 2.15. The first-order chi connectivity index (χ1) is 7.66. The Hall–Kier alpha value is -2.11. The van der Waals surface area contributed by atoms with Gasteiger partial charge in [0.15, 0.2) is 0 Å². The lowest BCUT2D eigenvalue weighted by molar-refractivity contribution is -0.145. The second-order valence-electron chi connectivity index (χ2n) is 3.61. The molecule has 2 amide bonds. The summed E-state index contributed by atoms with van der Waals surface area (Å²) in [5.41, 5.74) is 0.603. The molecule has 2 heterocycles. The van der Waals surface area contributed by atoms with Gasteiger partial charge in [0.1, 0.15) is 0 Å². The monoisotopic (exact) mass is 221 g/mol. The summed E-state index contributed by atoms with van der Waals surface area (Å²) >= 11 is 0. The van der Waals surface area contributed by atoms with Crippen LogP contribution in [0.4, 0.5) is 10.5 Å². The number of aromatic nitrogens is 1. The highest BCUT2D eigenvalue weighted by atomic mass is 16.4. The Kier molecular flexibility index (Phi) is 2.72. The van der Waals surface area contributed by atoms with Crippen molar-refractivity contribution in [1.82, 2.24) is 9.88 Å². The largest absolute Gasteiger partial charge is 0.481 e. The Labute approximate surface area is 91.9 Å². The van der Waals surface area contributed by atoms with Gasteiger partial charge in [-0.1, -0.05) is 0 Å². The minimum Gasteiger partial charge on any atom is -0.481 e. The van der Waals surface area contributed by atoms with Gasteiger partial charge >= 0.3 is 12.0 Å². The molecule has 1 saturated heterocycles. The number of pyridine rings is 1. The summed E-state index contributed by atoms with van der Waals surface area (Å²) in [6.45, 7) is 0.531. The first-order valence-corrected chi connectivity index (χ1v) is 4.85. The maximum Gasteiger partial charge on any atom is 0.321 e. The van der Waals surface area contributed by atoms with Crippen LogP contribution < -0.4 is 5.32 Å². The number of carboxylic acids is 1. The molecule has 1 aromatic rings. The van der Waals surface area contributed by atoms with E-state index in [9.17, 15) is 9.59 Å².